The Morgan fingerprint density at radius 2 is 2.50 bits per heavy atom. The van der Waals surface area contributed by atoms with Gasteiger partial charge < -0.3 is 5.32 Å². The summed E-state index contributed by atoms with van der Waals surface area (Å²) in [5.41, 5.74) is 0. The van der Waals surface area contributed by atoms with Gasteiger partial charge in [-0.3, -0.25) is 4.79 Å². The Hall–Kier alpha value is -1.83. The minimum absolute atomic E-state index is 0.136. The van der Waals surface area contributed by atoms with Gasteiger partial charge in [-0.1, -0.05) is 0 Å². The number of carbonyl (C=O) groups excluding carboxylic acids is 1. The fraction of sp³-hybridized carbons (Fsp3) is 0.444. The van der Waals surface area contributed by atoms with Gasteiger partial charge in [0.2, 0.25) is 5.91 Å². The fourth-order valence-electron chi connectivity index (χ4n) is 1.08. The van der Waals surface area contributed by atoms with Gasteiger partial charge in [0.15, 0.2) is 0 Å². The monoisotopic (exact) mass is 192 g/mol. The van der Waals surface area contributed by atoms with E-state index >= 15 is 0 Å². The molecule has 0 bridgehead atoms. The van der Waals surface area contributed by atoms with Crippen molar-refractivity contribution in [1.82, 2.24) is 9.78 Å². The Kier molecular flexibility index (Phi) is 3.24. The van der Waals surface area contributed by atoms with Crippen LogP contribution in [0.3, 0.4) is 0 Å². The second-order valence-electron chi connectivity index (χ2n) is 3.14. The third kappa shape index (κ3) is 2.33. The highest BCUT2D eigenvalue weighted by Gasteiger charge is 2.08. The lowest BCUT2D eigenvalue weighted by atomic mass is 10.4. The highest BCUT2D eigenvalue weighted by molar-refractivity contribution is 5.91. The van der Waals surface area contributed by atoms with E-state index in [0.717, 1.165) is 0 Å². The van der Waals surface area contributed by atoms with Crippen molar-refractivity contribution in [2.24, 2.45) is 0 Å². The van der Waals surface area contributed by atoms with Gasteiger partial charge in [-0.05, 0) is 13.8 Å². The molecule has 0 radical (unpaired) electrons. The van der Waals surface area contributed by atoms with Gasteiger partial charge >= 0.3 is 0 Å². The Morgan fingerprint density at radius 3 is 3.07 bits per heavy atom. The van der Waals surface area contributed by atoms with E-state index in [9.17, 15) is 4.79 Å². The number of carbonyl (C=O) groups is 1. The number of nitriles is 1. The van der Waals surface area contributed by atoms with Gasteiger partial charge in [0.1, 0.15) is 12.2 Å². The lowest BCUT2D eigenvalue weighted by Crippen LogP contribution is -2.15. The first-order valence-electron chi connectivity index (χ1n) is 4.35. The maximum absolute atomic E-state index is 11.1. The van der Waals surface area contributed by atoms with E-state index in [2.05, 4.69) is 10.4 Å². The molecule has 5 nitrogen and oxygen atoms in total. The third-order valence-corrected chi connectivity index (χ3v) is 1.67. The maximum atomic E-state index is 11.1. The first-order chi connectivity index (χ1) is 6.65. The molecule has 0 atom stereocenters. The molecule has 74 valence electrons. The van der Waals surface area contributed by atoms with E-state index in [-0.39, 0.29) is 18.4 Å². The summed E-state index contributed by atoms with van der Waals surface area (Å²) in [5.74, 6) is 0.315. The summed E-state index contributed by atoms with van der Waals surface area (Å²) in [6.45, 7) is 3.93. The number of nitrogens with one attached hydrogen (secondary N) is 1. The van der Waals surface area contributed by atoms with Crippen LogP contribution in [0.1, 0.15) is 26.3 Å². The number of hydrogen-bond acceptors (Lipinski definition) is 3. The minimum Gasteiger partial charge on any atom is -0.310 e. The van der Waals surface area contributed by atoms with Crippen LogP contribution in [0.15, 0.2) is 12.3 Å². The molecule has 1 amide bonds. The highest BCUT2D eigenvalue weighted by atomic mass is 16.1. The van der Waals surface area contributed by atoms with Crippen LogP contribution in [-0.2, 0) is 4.79 Å². The van der Waals surface area contributed by atoms with Crippen LogP contribution >= 0.6 is 0 Å². The summed E-state index contributed by atoms with van der Waals surface area (Å²) >= 11 is 0. The van der Waals surface area contributed by atoms with Crippen molar-refractivity contribution >= 4 is 11.7 Å². The fourth-order valence-corrected chi connectivity index (χ4v) is 1.08. The van der Waals surface area contributed by atoms with Crippen molar-refractivity contribution in [3.05, 3.63) is 12.3 Å². The zero-order valence-electron chi connectivity index (χ0n) is 8.19. The first kappa shape index (κ1) is 10.3. The second-order valence-corrected chi connectivity index (χ2v) is 3.14. The van der Waals surface area contributed by atoms with E-state index in [1.807, 2.05) is 13.8 Å². The van der Waals surface area contributed by atoms with E-state index < -0.39 is 0 Å². The number of hydrogen-bond donors (Lipinski definition) is 1. The molecule has 0 saturated carbocycles. The molecule has 1 rings (SSSR count). The molecule has 0 fully saturated rings. The Bertz CT molecular complexity index is 361. The zero-order valence-corrected chi connectivity index (χ0v) is 8.19. The molecule has 0 saturated heterocycles. The van der Waals surface area contributed by atoms with Gasteiger partial charge in [0, 0.05) is 12.1 Å². The molecule has 5 heteroatoms. The SMILES string of the molecule is CC(C)n1nccc1NC(=O)CC#N. The lowest BCUT2D eigenvalue weighted by molar-refractivity contribution is -0.115. The summed E-state index contributed by atoms with van der Waals surface area (Å²) in [6, 6.07) is 3.67. The number of aromatic nitrogens is 2. The van der Waals surface area contributed by atoms with Gasteiger partial charge in [-0.15, -0.1) is 0 Å². The number of nitrogens with zero attached hydrogens (tertiary/aromatic N) is 3. The first-order valence-corrected chi connectivity index (χ1v) is 4.35. The minimum atomic E-state index is -0.310. The van der Waals surface area contributed by atoms with Crippen LogP contribution in [-0.4, -0.2) is 15.7 Å². The predicted octanol–water partition coefficient (Wildman–Crippen LogP) is 1.32. The summed E-state index contributed by atoms with van der Waals surface area (Å²) in [6.07, 6.45) is 1.48. The van der Waals surface area contributed by atoms with Crippen LogP contribution < -0.4 is 5.32 Å². The molecule has 14 heavy (non-hydrogen) atoms. The Labute approximate surface area is 82.3 Å². The largest absolute Gasteiger partial charge is 0.310 e. The number of amides is 1. The quantitative estimate of drug-likeness (QED) is 0.785. The molecule has 0 aliphatic rings. The van der Waals surface area contributed by atoms with E-state index in [1.54, 1.807) is 23.0 Å². The standard InChI is InChI=1S/C9H12N4O/c1-7(2)13-8(4-6-11-13)12-9(14)3-5-10/h4,6-7H,3H2,1-2H3,(H,12,14). The van der Waals surface area contributed by atoms with Crippen LogP contribution in [0.5, 0.6) is 0 Å². The zero-order chi connectivity index (χ0) is 10.6. The molecular weight excluding hydrogens is 180 g/mol. The van der Waals surface area contributed by atoms with Crippen molar-refractivity contribution in [3.63, 3.8) is 0 Å². The van der Waals surface area contributed by atoms with E-state index in [1.165, 1.54) is 0 Å². The lowest BCUT2D eigenvalue weighted by Gasteiger charge is -2.10. The molecule has 0 aliphatic carbocycles. The van der Waals surface area contributed by atoms with Crippen molar-refractivity contribution in [2.45, 2.75) is 26.3 Å². The Balaban J connectivity index is 2.72. The van der Waals surface area contributed by atoms with Crippen LogP contribution in [0.25, 0.3) is 0 Å². The van der Waals surface area contributed by atoms with E-state index in [0.29, 0.717) is 5.82 Å². The molecule has 0 unspecified atom stereocenters. The topological polar surface area (TPSA) is 70.7 Å². The van der Waals surface area contributed by atoms with Gasteiger partial charge in [0.25, 0.3) is 0 Å². The predicted molar refractivity (Wildman–Crippen MR) is 51.5 cm³/mol. The number of rotatable bonds is 3. The summed E-state index contributed by atoms with van der Waals surface area (Å²) < 4.78 is 1.69. The molecule has 0 aliphatic heterocycles. The highest BCUT2D eigenvalue weighted by Crippen LogP contribution is 2.12. The van der Waals surface area contributed by atoms with Gasteiger partial charge in [-0.25, -0.2) is 4.68 Å². The van der Waals surface area contributed by atoms with Crippen LogP contribution in [0, 0.1) is 11.3 Å². The van der Waals surface area contributed by atoms with Gasteiger partial charge in [-0.2, -0.15) is 10.4 Å². The molecule has 1 N–H and O–H groups in total. The molecular formula is C9H12N4O. The Morgan fingerprint density at radius 1 is 1.79 bits per heavy atom. The third-order valence-electron chi connectivity index (χ3n) is 1.67. The smallest absolute Gasteiger partial charge is 0.239 e. The average Bonchev–Trinajstić information content (AvgIpc) is 2.52. The second kappa shape index (κ2) is 4.42. The molecule has 1 aromatic rings. The maximum Gasteiger partial charge on any atom is 0.239 e. The van der Waals surface area contributed by atoms with Crippen LogP contribution in [0.2, 0.25) is 0 Å². The summed E-state index contributed by atoms with van der Waals surface area (Å²) in [7, 11) is 0. The van der Waals surface area contributed by atoms with Crippen molar-refractivity contribution in [2.75, 3.05) is 5.32 Å². The average molecular weight is 192 g/mol. The summed E-state index contributed by atoms with van der Waals surface area (Å²) in [4.78, 5) is 11.1. The molecule has 1 aromatic heterocycles. The van der Waals surface area contributed by atoms with Crippen LogP contribution in [0.4, 0.5) is 5.82 Å². The normalized spacial score (nSPS) is 9.86. The van der Waals surface area contributed by atoms with Gasteiger partial charge in [0.05, 0.1) is 12.3 Å². The number of anilines is 1. The molecule has 1 heterocycles. The molecule has 0 aromatic carbocycles. The molecule has 0 spiro atoms. The van der Waals surface area contributed by atoms with Crippen molar-refractivity contribution in [1.29, 1.82) is 5.26 Å². The van der Waals surface area contributed by atoms with E-state index in [4.69, 9.17) is 5.26 Å². The van der Waals surface area contributed by atoms with Crippen molar-refractivity contribution < 1.29 is 4.79 Å². The summed E-state index contributed by atoms with van der Waals surface area (Å²) in [5, 5.41) is 15.0. The van der Waals surface area contributed by atoms with Crippen molar-refractivity contribution in [3.8, 4) is 6.07 Å².